The highest BCUT2D eigenvalue weighted by Gasteiger charge is 2.13. The average Bonchev–Trinajstić information content (AvgIpc) is 3.05. The first-order valence-corrected chi connectivity index (χ1v) is 7.14. The Labute approximate surface area is 112 Å². The smallest absolute Gasteiger partial charge is 0.348 e. The molecule has 1 aromatic carbocycles. The highest BCUT2D eigenvalue weighted by atomic mass is 32.1. The molecular formula is C14H10O2S2. The highest BCUT2D eigenvalue weighted by Crippen LogP contribution is 2.36. The van der Waals surface area contributed by atoms with E-state index >= 15 is 0 Å². The van der Waals surface area contributed by atoms with Gasteiger partial charge in [0.1, 0.15) is 4.88 Å². The predicted molar refractivity (Wildman–Crippen MR) is 76.5 cm³/mol. The first kappa shape index (κ1) is 11.4. The van der Waals surface area contributed by atoms with Crippen LogP contribution in [-0.2, 0) is 4.74 Å². The summed E-state index contributed by atoms with van der Waals surface area (Å²) in [5, 5.41) is 3.17. The van der Waals surface area contributed by atoms with E-state index in [-0.39, 0.29) is 5.97 Å². The minimum Gasteiger partial charge on any atom is -0.465 e. The lowest BCUT2D eigenvalue weighted by Gasteiger charge is -1.98. The largest absolute Gasteiger partial charge is 0.465 e. The zero-order chi connectivity index (χ0) is 12.5. The van der Waals surface area contributed by atoms with Crippen LogP contribution in [0, 0.1) is 0 Å². The van der Waals surface area contributed by atoms with Gasteiger partial charge in [-0.2, -0.15) is 0 Å². The molecule has 0 unspecified atom stereocenters. The maximum Gasteiger partial charge on any atom is 0.348 e. The van der Waals surface area contributed by atoms with E-state index in [0.717, 1.165) is 10.1 Å². The molecule has 0 aliphatic heterocycles. The van der Waals surface area contributed by atoms with Gasteiger partial charge in [-0.15, -0.1) is 22.7 Å². The summed E-state index contributed by atoms with van der Waals surface area (Å²) in [7, 11) is 1.41. The molecule has 2 aromatic heterocycles. The van der Waals surface area contributed by atoms with E-state index < -0.39 is 0 Å². The quantitative estimate of drug-likeness (QED) is 0.647. The number of carbonyl (C=O) groups excluding carboxylic acids is 1. The number of ether oxygens (including phenoxy) is 1. The number of thiophene rings is 2. The maximum atomic E-state index is 11.6. The van der Waals surface area contributed by atoms with Gasteiger partial charge in [-0.3, -0.25) is 0 Å². The SMILES string of the molecule is COC(=O)c1cc2c(-c3cccs3)cccc2s1. The van der Waals surface area contributed by atoms with E-state index in [0.29, 0.717) is 4.88 Å². The van der Waals surface area contributed by atoms with Crippen molar-refractivity contribution in [3.05, 3.63) is 46.7 Å². The van der Waals surface area contributed by atoms with Crippen molar-refractivity contribution in [2.24, 2.45) is 0 Å². The number of benzene rings is 1. The topological polar surface area (TPSA) is 26.3 Å². The number of fused-ring (bicyclic) bond motifs is 1. The Morgan fingerprint density at radius 2 is 2.11 bits per heavy atom. The van der Waals surface area contributed by atoms with Gasteiger partial charge in [0.05, 0.1) is 7.11 Å². The van der Waals surface area contributed by atoms with Crippen LogP contribution < -0.4 is 0 Å². The molecular weight excluding hydrogens is 264 g/mol. The van der Waals surface area contributed by atoms with E-state index in [1.165, 1.54) is 28.9 Å². The summed E-state index contributed by atoms with van der Waals surface area (Å²) < 4.78 is 5.88. The minimum absolute atomic E-state index is 0.270. The van der Waals surface area contributed by atoms with Gasteiger partial charge in [-0.05, 0) is 23.6 Å². The fourth-order valence-corrected chi connectivity index (χ4v) is 3.68. The Balaban J connectivity index is 2.22. The van der Waals surface area contributed by atoms with Gasteiger partial charge in [-0.1, -0.05) is 18.2 Å². The van der Waals surface area contributed by atoms with Gasteiger partial charge in [0, 0.05) is 20.5 Å². The van der Waals surface area contributed by atoms with E-state index in [1.54, 1.807) is 11.3 Å². The number of hydrogen-bond donors (Lipinski definition) is 0. The fourth-order valence-electron chi connectivity index (χ4n) is 1.91. The predicted octanol–water partition coefficient (Wildman–Crippen LogP) is 4.42. The molecule has 0 radical (unpaired) electrons. The number of hydrogen-bond acceptors (Lipinski definition) is 4. The second kappa shape index (κ2) is 4.55. The Kier molecular flexibility index (Phi) is 2.89. The van der Waals surface area contributed by atoms with Gasteiger partial charge in [-0.25, -0.2) is 4.79 Å². The van der Waals surface area contributed by atoms with Crippen LogP contribution in [0.5, 0.6) is 0 Å². The first-order chi connectivity index (χ1) is 8.79. The molecule has 90 valence electrons. The standard InChI is InChI=1S/C14H10O2S2/c1-16-14(15)13-8-10-9(11-6-3-7-17-11)4-2-5-12(10)18-13/h2-8H,1H3. The van der Waals surface area contributed by atoms with Crippen molar-refractivity contribution in [1.82, 2.24) is 0 Å². The van der Waals surface area contributed by atoms with E-state index in [2.05, 4.69) is 17.5 Å². The van der Waals surface area contributed by atoms with Crippen LogP contribution in [0.25, 0.3) is 20.5 Å². The molecule has 0 saturated heterocycles. The Morgan fingerprint density at radius 3 is 2.83 bits per heavy atom. The Morgan fingerprint density at radius 1 is 1.22 bits per heavy atom. The second-order valence-electron chi connectivity index (χ2n) is 3.80. The van der Waals surface area contributed by atoms with Gasteiger partial charge in [0.2, 0.25) is 0 Å². The van der Waals surface area contributed by atoms with E-state index in [1.807, 2.05) is 24.3 Å². The number of esters is 1. The van der Waals surface area contributed by atoms with Gasteiger partial charge in [0.25, 0.3) is 0 Å². The molecule has 3 rings (SSSR count). The lowest BCUT2D eigenvalue weighted by Crippen LogP contribution is -1.96. The van der Waals surface area contributed by atoms with Crippen LogP contribution >= 0.6 is 22.7 Å². The summed E-state index contributed by atoms with van der Waals surface area (Å²) in [5.74, 6) is -0.270. The van der Waals surface area contributed by atoms with Crippen LogP contribution in [0.1, 0.15) is 9.67 Å². The molecule has 4 heteroatoms. The minimum atomic E-state index is -0.270. The molecule has 0 fully saturated rings. The van der Waals surface area contributed by atoms with Crippen molar-refractivity contribution < 1.29 is 9.53 Å². The molecule has 18 heavy (non-hydrogen) atoms. The monoisotopic (exact) mass is 274 g/mol. The summed E-state index contributed by atoms with van der Waals surface area (Å²) in [6.45, 7) is 0. The van der Waals surface area contributed by atoms with Crippen molar-refractivity contribution in [3.63, 3.8) is 0 Å². The number of rotatable bonds is 2. The van der Waals surface area contributed by atoms with Crippen molar-refractivity contribution in [3.8, 4) is 10.4 Å². The van der Waals surface area contributed by atoms with Crippen LogP contribution in [-0.4, -0.2) is 13.1 Å². The second-order valence-corrected chi connectivity index (χ2v) is 5.83. The lowest BCUT2D eigenvalue weighted by atomic mass is 10.1. The third kappa shape index (κ3) is 1.83. The van der Waals surface area contributed by atoms with Crippen molar-refractivity contribution in [2.75, 3.05) is 7.11 Å². The summed E-state index contributed by atoms with van der Waals surface area (Å²) >= 11 is 3.17. The molecule has 0 atom stereocenters. The molecule has 0 bridgehead atoms. The highest BCUT2D eigenvalue weighted by molar-refractivity contribution is 7.21. The number of carbonyl (C=O) groups is 1. The van der Waals surface area contributed by atoms with Crippen LogP contribution in [0.3, 0.4) is 0 Å². The maximum absolute atomic E-state index is 11.6. The van der Waals surface area contributed by atoms with Crippen LogP contribution in [0.2, 0.25) is 0 Å². The normalized spacial score (nSPS) is 10.7. The van der Waals surface area contributed by atoms with Gasteiger partial charge >= 0.3 is 5.97 Å². The molecule has 0 spiro atoms. The summed E-state index contributed by atoms with van der Waals surface area (Å²) in [5.41, 5.74) is 1.17. The molecule has 0 aliphatic carbocycles. The average molecular weight is 274 g/mol. The molecule has 2 heterocycles. The third-order valence-electron chi connectivity index (χ3n) is 2.73. The Bertz CT molecular complexity index is 696. The lowest BCUT2D eigenvalue weighted by molar-refractivity contribution is 0.0606. The van der Waals surface area contributed by atoms with E-state index in [9.17, 15) is 4.79 Å². The molecule has 0 amide bonds. The molecule has 2 nitrogen and oxygen atoms in total. The molecule has 0 aliphatic rings. The third-order valence-corrected chi connectivity index (χ3v) is 4.72. The Hall–Kier alpha value is -1.65. The molecule has 0 N–H and O–H groups in total. The van der Waals surface area contributed by atoms with Crippen LogP contribution in [0.4, 0.5) is 0 Å². The van der Waals surface area contributed by atoms with Gasteiger partial charge < -0.3 is 4.74 Å². The fraction of sp³-hybridized carbons (Fsp3) is 0.0714. The summed E-state index contributed by atoms with van der Waals surface area (Å²) in [4.78, 5) is 13.4. The summed E-state index contributed by atoms with van der Waals surface area (Å²) in [6, 6.07) is 12.2. The van der Waals surface area contributed by atoms with Crippen LogP contribution in [0.15, 0.2) is 41.8 Å². The van der Waals surface area contributed by atoms with Gasteiger partial charge in [0.15, 0.2) is 0 Å². The number of methoxy groups -OCH3 is 1. The van der Waals surface area contributed by atoms with Crippen molar-refractivity contribution in [2.45, 2.75) is 0 Å². The van der Waals surface area contributed by atoms with E-state index in [4.69, 9.17) is 4.74 Å². The molecule has 0 saturated carbocycles. The first-order valence-electron chi connectivity index (χ1n) is 5.44. The zero-order valence-electron chi connectivity index (χ0n) is 9.67. The summed E-state index contributed by atoms with van der Waals surface area (Å²) in [6.07, 6.45) is 0. The molecule has 3 aromatic rings. The zero-order valence-corrected chi connectivity index (χ0v) is 11.3. The van der Waals surface area contributed by atoms with Crippen molar-refractivity contribution >= 4 is 38.7 Å². The van der Waals surface area contributed by atoms with Crippen molar-refractivity contribution in [1.29, 1.82) is 0 Å².